The predicted molar refractivity (Wildman–Crippen MR) is 82.1 cm³/mol. The number of hydrogen-bond donors (Lipinski definition) is 1. The molecule has 88 valence electrons. The minimum absolute atomic E-state index is 0.679. The summed E-state index contributed by atoms with van der Waals surface area (Å²) in [5.74, 6) is 0.752. The van der Waals surface area contributed by atoms with Crippen LogP contribution < -0.4 is 5.32 Å². The number of pyridine rings is 1. The summed E-state index contributed by atoms with van der Waals surface area (Å²) in [4.78, 5) is 4.27. The number of rotatable bonds is 2. The lowest BCUT2D eigenvalue weighted by Gasteiger charge is -2.08. The fourth-order valence-corrected chi connectivity index (χ4v) is 2.80. The number of aromatic nitrogens is 1. The molecule has 0 aliphatic rings. The minimum Gasteiger partial charge on any atom is -0.339 e. The third kappa shape index (κ3) is 3.44. The second kappa shape index (κ2) is 5.69. The van der Waals surface area contributed by atoms with Gasteiger partial charge in [0.15, 0.2) is 0 Å². The van der Waals surface area contributed by atoms with Crippen LogP contribution >= 0.6 is 59.4 Å². The van der Waals surface area contributed by atoms with E-state index in [2.05, 4.69) is 58.1 Å². The lowest BCUT2D eigenvalue weighted by molar-refractivity contribution is 1.27. The fraction of sp³-hybridized carbons (Fsp3) is 0. The van der Waals surface area contributed by atoms with E-state index in [-0.39, 0.29) is 0 Å². The van der Waals surface area contributed by atoms with Gasteiger partial charge in [-0.15, -0.1) is 0 Å². The van der Waals surface area contributed by atoms with Crippen LogP contribution in [-0.4, -0.2) is 4.98 Å². The largest absolute Gasteiger partial charge is 0.339 e. The molecular weight excluding hydrogens is 435 g/mol. The van der Waals surface area contributed by atoms with Gasteiger partial charge in [0.1, 0.15) is 5.82 Å². The molecule has 0 aliphatic heterocycles. The maximum atomic E-state index is 5.93. The zero-order chi connectivity index (χ0) is 12.4. The molecule has 0 aliphatic carbocycles. The van der Waals surface area contributed by atoms with E-state index in [1.807, 2.05) is 24.3 Å². The van der Waals surface area contributed by atoms with Crippen LogP contribution in [0.1, 0.15) is 0 Å². The molecule has 0 saturated heterocycles. The lowest BCUT2D eigenvalue weighted by atomic mass is 10.3. The van der Waals surface area contributed by atoms with Crippen molar-refractivity contribution in [3.05, 3.63) is 48.9 Å². The third-order valence-electron chi connectivity index (χ3n) is 1.99. The number of hydrogen-bond acceptors (Lipinski definition) is 2. The molecule has 1 aromatic carbocycles. The highest BCUT2D eigenvalue weighted by molar-refractivity contribution is 9.11. The van der Waals surface area contributed by atoms with E-state index in [1.54, 1.807) is 6.20 Å². The van der Waals surface area contributed by atoms with E-state index < -0.39 is 0 Å². The van der Waals surface area contributed by atoms with Crippen LogP contribution in [0.25, 0.3) is 0 Å². The normalized spacial score (nSPS) is 10.4. The zero-order valence-corrected chi connectivity index (χ0v) is 13.9. The third-order valence-corrected chi connectivity index (χ3v) is 4.24. The van der Waals surface area contributed by atoms with E-state index in [4.69, 9.17) is 11.6 Å². The van der Waals surface area contributed by atoms with Gasteiger partial charge in [-0.05, 0) is 72.1 Å². The first-order valence-electron chi connectivity index (χ1n) is 4.59. The second-order valence-electron chi connectivity index (χ2n) is 3.24. The van der Waals surface area contributed by atoms with Crippen molar-refractivity contribution >= 4 is 70.9 Å². The van der Waals surface area contributed by atoms with Gasteiger partial charge >= 0.3 is 0 Å². The average molecular weight is 441 g/mol. The molecule has 17 heavy (non-hydrogen) atoms. The van der Waals surface area contributed by atoms with E-state index in [1.165, 1.54) is 0 Å². The number of benzene rings is 1. The summed E-state index contributed by atoms with van der Waals surface area (Å²) in [6.45, 7) is 0. The predicted octanol–water partition coefficient (Wildman–Crippen LogP) is 5.77. The van der Waals surface area contributed by atoms with E-state index in [0.717, 1.165) is 24.9 Å². The molecule has 0 bridgehead atoms. The van der Waals surface area contributed by atoms with Crippen LogP contribution in [0.5, 0.6) is 0 Å². The van der Waals surface area contributed by atoms with Gasteiger partial charge in [-0.2, -0.15) is 0 Å². The van der Waals surface area contributed by atoms with E-state index in [9.17, 15) is 0 Å². The highest BCUT2D eigenvalue weighted by Crippen LogP contribution is 2.30. The van der Waals surface area contributed by atoms with Gasteiger partial charge < -0.3 is 5.32 Å². The molecule has 0 atom stereocenters. The van der Waals surface area contributed by atoms with E-state index >= 15 is 0 Å². The maximum absolute atomic E-state index is 5.93. The summed E-state index contributed by atoms with van der Waals surface area (Å²) in [7, 11) is 0. The van der Waals surface area contributed by atoms with Crippen LogP contribution in [0.3, 0.4) is 0 Å². The van der Waals surface area contributed by atoms with Crippen LogP contribution in [0.2, 0.25) is 5.02 Å². The van der Waals surface area contributed by atoms with Gasteiger partial charge in [-0.25, -0.2) is 4.98 Å². The van der Waals surface area contributed by atoms with Gasteiger partial charge in [0.05, 0.1) is 9.50 Å². The summed E-state index contributed by atoms with van der Waals surface area (Å²) < 4.78 is 2.66. The number of nitrogens with one attached hydrogen (secondary N) is 1. The summed E-state index contributed by atoms with van der Waals surface area (Å²) in [6, 6.07) is 7.54. The first kappa shape index (κ1) is 13.3. The molecule has 1 heterocycles. The first-order chi connectivity index (χ1) is 8.06. The average Bonchev–Trinajstić information content (AvgIpc) is 2.27. The first-order valence-corrected chi connectivity index (χ1v) is 7.35. The number of halogens is 4. The molecule has 2 rings (SSSR count). The van der Waals surface area contributed by atoms with Gasteiger partial charge in [0.2, 0.25) is 0 Å². The molecule has 2 aromatic rings. The molecule has 2 nitrogen and oxygen atoms in total. The number of anilines is 2. The summed E-state index contributed by atoms with van der Waals surface area (Å²) >= 11 is 16.1. The molecule has 1 N–H and O–H groups in total. The molecule has 0 saturated carbocycles. The Kier molecular flexibility index (Phi) is 4.47. The van der Waals surface area contributed by atoms with Gasteiger partial charge in [-0.1, -0.05) is 11.6 Å². The molecule has 0 radical (unpaired) electrons. The lowest BCUT2D eigenvalue weighted by Crippen LogP contribution is -1.94. The van der Waals surface area contributed by atoms with E-state index in [0.29, 0.717) is 5.02 Å². The van der Waals surface area contributed by atoms with Gasteiger partial charge in [-0.3, -0.25) is 0 Å². The molecule has 0 amide bonds. The highest BCUT2D eigenvalue weighted by atomic mass is 79.9. The van der Waals surface area contributed by atoms with Crippen molar-refractivity contribution in [2.24, 2.45) is 0 Å². The Balaban J connectivity index is 2.28. The van der Waals surface area contributed by atoms with Crippen LogP contribution in [0.4, 0.5) is 11.5 Å². The van der Waals surface area contributed by atoms with Crippen molar-refractivity contribution in [2.75, 3.05) is 5.32 Å². The molecule has 0 spiro atoms. The molecule has 0 unspecified atom stereocenters. The quantitative estimate of drug-likeness (QED) is 0.641. The standard InChI is InChI=1S/C11H6Br3ClN2/c12-6-3-9(14)11(16-5-6)17-7-1-2-10(15)8(13)4-7/h1-5H,(H,16,17). The summed E-state index contributed by atoms with van der Waals surface area (Å²) in [5, 5.41) is 3.88. The van der Waals surface area contributed by atoms with Crippen molar-refractivity contribution < 1.29 is 0 Å². The molecule has 1 aromatic heterocycles. The Morgan fingerprint density at radius 3 is 2.47 bits per heavy atom. The van der Waals surface area contributed by atoms with Crippen molar-refractivity contribution in [2.45, 2.75) is 0 Å². The summed E-state index contributed by atoms with van der Waals surface area (Å²) in [6.07, 6.45) is 1.73. The Morgan fingerprint density at radius 1 is 1.06 bits per heavy atom. The number of nitrogens with zero attached hydrogens (tertiary/aromatic N) is 1. The Labute approximate surface area is 129 Å². The van der Waals surface area contributed by atoms with Crippen LogP contribution in [0, 0.1) is 0 Å². The Bertz CT molecular complexity index is 560. The van der Waals surface area contributed by atoms with Crippen LogP contribution in [-0.2, 0) is 0 Å². The Morgan fingerprint density at radius 2 is 1.82 bits per heavy atom. The SMILES string of the molecule is Clc1ccc(Nc2ncc(Br)cc2Br)cc1Br. The monoisotopic (exact) mass is 438 g/mol. The van der Waals surface area contributed by atoms with Crippen LogP contribution in [0.15, 0.2) is 43.9 Å². The van der Waals surface area contributed by atoms with Crippen molar-refractivity contribution in [1.82, 2.24) is 4.98 Å². The zero-order valence-electron chi connectivity index (χ0n) is 8.35. The molecule has 0 fully saturated rings. The summed E-state index contributed by atoms with van der Waals surface area (Å²) in [5.41, 5.74) is 0.914. The van der Waals surface area contributed by atoms with Crippen molar-refractivity contribution in [3.8, 4) is 0 Å². The maximum Gasteiger partial charge on any atom is 0.144 e. The van der Waals surface area contributed by atoms with Gasteiger partial charge in [0, 0.05) is 20.8 Å². The topological polar surface area (TPSA) is 24.9 Å². The fourth-order valence-electron chi connectivity index (χ4n) is 1.22. The molecular formula is C11H6Br3ClN2. The minimum atomic E-state index is 0.679. The molecule has 6 heteroatoms. The van der Waals surface area contributed by atoms with Crippen molar-refractivity contribution in [1.29, 1.82) is 0 Å². The second-order valence-corrected chi connectivity index (χ2v) is 6.27. The van der Waals surface area contributed by atoms with Gasteiger partial charge in [0.25, 0.3) is 0 Å². The smallest absolute Gasteiger partial charge is 0.144 e. The highest BCUT2D eigenvalue weighted by Gasteiger charge is 2.04. The Hall–Kier alpha value is -0.100. The van der Waals surface area contributed by atoms with Crippen molar-refractivity contribution in [3.63, 3.8) is 0 Å².